The summed E-state index contributed by atoms with van der Waals surface area (Å²) in [6.45, 7) is 4.14. The SMILES string of the molecule is CC[C@H](c1ccncc1)N(C)C(=O)NCCC(=O)N1CCCCC1. The minimum Gasteiger partial charge on any atom is -0.343 e. The van der Waals surface area contributed by atoms with Gasteiger partial charge in [0.1, 0.15) is 0 Å². The van der Waals surface area contributed by atoms with E-state index in [1.54, 1.807) is 24.3 Å². The largest absolute Gasteiger partial charge is 0.343 e. The Morgan fingerprint density at radius 3 is 2.54 bits per heavy atom. The van der Waals surface area contributed by atoms with Gasteiger partial charge in [-0.05, 0) is 43.4 Å². The van der Waals surface area contributed by atoms with Crippen molar-refractivity contribution in [3.8, 4) is 0 Å². The number of aromatic nitrogens is 1. The van der Waals surface area contributed by atoms with E-state index < -0.39 is 0 Å². The number of amides is 3. The smallest absolute Gasteiger partial charge is 0.317 e. The standard InChI is InChI=1S/C18H28N4O2/c1-3-16(15-7-10-19-11-8-15)21(2)18(24)20-12-9-17(23)22-13-5-4-6-14-22/h7-8,10-11,16H,3-6,9,12-14H2,1-2H3,(H,20,24)/t16-/m1/s1. The predicted molar refractivity (Wildman–Crippen MR) is 93.5 cm³/mol. The molecule has 1 saturated heterocycles. The normalized spacial score (nSPS) is 15.7. The van der Waals surface area contributed by atoms with Crippen molar-refractivity contribution in [1.82, 2.24) is 20.1 Å². The van der Waals surface area contributed by atoms with Crippen LogP contribution in [0.5, 0.6) is 0 Å². The van der Waals surface area contributed by atoms with E-state index >= 15 is 0 Å². The maximum atomic E-state index is 12.3. The topological polar surface area (TPSA) is 65.5 Å². The van der Waals surface area contributed by atoms with E-state index in [2.05, 4.69) is 17.2 Å². The van der Waals surface area contributed by atoms with Crippen molar-refractivity contribution in [2.45, 2.75) is 45.1 Å². The second-order valence-electron chi connectivity index (χ2n) is 6.24. The van der Waals surface area contributed by atoms with Crippen LogP contribution < -0.4 is 5.32 Å². The first-order chi connectivity index (χ1) is 11.6. The van der Waals surface area contributed by atoms with Crippen LogP contribution in [0, 0.1) is 0 Å². The number of pyridine rings is 1. The molecule has 2 rings (SSSR count). The Balaban J connectivity index is 1.79. The zero-order valence-electron chi connectivity index (χ0n) is 14.7. The summed E-state index contributed by atoms with van der Waals surface area (Å²) in [4.78, 5) is 32.1. The molecule has 0 aliphatic carbocycles. The van der Waals surface area contributed by atoms with Crippen LogP contribution in [0.4, 0.5) is 4.79 Å². The lowest BCUT2D eigenvalue weighted by Crippen LogP contribution is -2.42. The molecule has 0 spiro atoms. The number of hydrogen-bond donors (Lipinski definition) is 1. The van der Waals surface area contributed by atoms with Crippen LogP contribution >= 0.6 is 0 Å². The lowest BCUT2D eigenvalue weighted by molar-refractivity contribution is -0.131. The lowest BCUT2D eigenvalue weighted by atomic mass is 10.1. The summed E-state index contributed by atoms with van der Waals surface area (Å²) >= 11 is 0. The lowest BCUT2D eigenvalue weighted by Gasteiger charge is -2.29. The van der Waals surface area contributed by atoms with E-state index in [9.17, 15) is 9.59 Å². The minimum atomic E-state index is -0.148. The highest BCUT2D eigenvalue weighted by Crippen LogP contribution is 2.22. The van der Waals surface area contributed by atoms with Crippen molar-refractivity contribution in [2.24, 2.45) is 0 Å². The molecule has 2 heterocycles. The summed E-state index contributed by atoms with van der Waals surface area (Å²) in [6, 6.07) is 3.71. The number of hydrogen-bond acceptors (Lipinski definition) is 3. The number of nitrogens with zero attached hydrogens (tertiary/aromatic N) is 3. The summed E-state index contributed by atoms with van der Waals surface area (Å²) in [7, 11) is 1.79. The highest BCUT2D eigenvalue weighted by Gasteiger charge is 2.21. The first kappa shape index (κ1) is 18.2. The van der Waals surface area contributed by atoms with Gasteiger partial charge in [-0.1, -0.05) is 6.92 Å². The van der Waals surface area contributed by atoms with Crippen molar-refractivity contribution >= 4 is 11.9 Å². The third-order valence-electron chi connectivity index (χ3n) is 4.59. The molecule has 0 saturated carbocycles. The Morgan fingerprint density at radius 1 is 1.25 bits per heavy atom. The van der Waals surface area contributed by atoms with Crippen molar-refractivity contribution < 1.29 is 9.59 Å². The van der Waals surface area contributed by atoms with Gasteiger partial charge in [0.2, 0.25) is 5.91 Å². The summed E-state index contributed by atoms with van der Waals surface area (Å²) in [5.41, 5.74) is 1.06. The van der Waals surface area contributed by atoms with E-state index in [-0.39, 0.29) is 18.0 Å². The average Bonchev–Trinajstić information content (AvgIpc) is 2.63. The second kappa shape index (κ2) is 9.25. The van der Waals surface area contributed by atoms with Gasteiger partial charge in [-0.15, -0.1) is 0 Å². The van der Waals surface area contributed by atoms with Crippen LogP contribution in [0.2, 0.25) is 0 Å². The van der Waals surface area contributed by atoms with Gasteiger partial charge in [0, 0.05) is 45.5 Å². The molecule has 0 bridgehead atoms. The second-order valence-corrected chi connectivity index (χ2v) is 6.24. The molecule has 24 heavy (non-hydrogen) atoms. The molecule has 6 nitrogen and oxygen atoms in total. The van der Waals surface area contributed by atoms with E-state index in [1.165, 1.54) is 6.42 Å². The Kier molecular flexibility index (Phi) is 7.03. The summed E-state index contributed by atoms with van der Waals surface area (Å²) in [6.07, 6.45) is 8.04. The number of urea groups is 1. The minimum absolute atomic E-state index is 0.00537. The highest BCUT2D eigenvalue weighted by atomic mass is 16.2. The first-order valence-corrected chi connectivity index (χ1v) is 8.81. The zero-order chi connectivity index (χ0) is 17.4. The molecule has 0 aromatic carbocycles. The molecule has 1 N–H and O–H groups in total. The van der Waals surface area contributed by atoms with Crippen LogP contribution in [0.25, 0.3) is 0 Å². The van der Waals surface area contributed by atoms with Crippen LogP contribution in [-0.2, 0) is 4.79 Å². The van der Waals surface area contributed by atoms with Gasteiger partial charge >= 0.3 is 6.03 Å². The van der Waals surface area contributed by atoms with Crippen molar-refractivity contribution in [3.05, 3.63) is 30.1 Å². The van der Waals surface area contributed by atoms with Crippen LogP contribution in [-0.4, -0.2) is 53.4 Å². The van der Waals surface area contributed by atoms with Gasteiger partial charge in [-0.25, -0.2) is 4.79 Å². The number of rotatable bonds is 6. The molecule has 132 valence electrons. The van der Waals surface area contributed by atoms with E-state index in [0.717, 1.165) is 37.9 Å². The fourth-order valence-electron chi connectivity index (χ4n) is 3.16. The quantitative estimate of drug-likeness (QED) is 0.871. The predicted octanol–water partition coefficient (Wildman–Crippen LogP) is 2.58. The third-order valence-corrected chi connectivity index (χ3v) is 4.59. The summed E-state index contributed by atoms with van der Waals surface area (Å²) < 4.78 is 0. The average molecular weight is 332 g/mol. The maximum Gasteiger partial charge on any atom is 0.317 e. The van der Waals surface area contributed by atoms with Gasteiger partial charge in [-0.3, -0.25) is 9.78 Å². The fraction of sp³-hybridized carbons (Fsp3) is 0.611. The first-order valence-electron chi connectivity index (χ1n) is 8.81. The molecule has 1 aliphatic rings. The van der Waals surface area contributed by atoms with Gasteiger partial charge in [0.05, 0.1) is 6.04 Å². The molecule has 0 radical (unpaired) electrons. The fourth-order valence-corrected chi connectivity index (χ4v) is 3.16. The van der Waals surface area contributed by atoms with E-state index in [4.69, 9.17) is 0 Å². The molecule has 1 fully saturated rings. The maximum absolute atomic E-state index is 12.3. The van der Waals surface area contributed by atoms with Crippen molar-refractivity contribution in [2.75, 3.05) is 26.7 Å². The number of piperidine rings is 1. The molecule has 3 amide bonds. The van der Waals surface area contributed by atoms with Gasteiger partial charge in [-0.2, -0.15) is 0 Å². The molecule has 1 atom stereocenters. The Bertz CT molecular complexity index is 529. The van der Waals surface area contributed by atoms with E-state index in [0.29, 0.717) is 13.0 Å². The monoisotopic (exact) mass is 332 g/mol. The van der Waals surface area contributed by atoms with Gasteiger partial charge in [0.15, 0.2) is 0 Å². The van der Waals surface area contributed by atoms with Crippen LogP contribution in [0.1, 0.15) is 50.6 Å². The molecule has 0 unspecified atom stereocenters. The molecule has 6 heteroatoms. The number of likely N-dealkylation sites (tertiary alicyclic amines) is 1. The Labute approximate surface area is 144 Å². The third kappa shape index (κ3) is 4.94. The number of nitrogens with one attached hydrogen (secondary N) is 1. The summed E-state index contributed by atoms with van der Waals surface area (Å²) in [5.74, 6) is 0.138. The molecular formula is C18H28N4O2. The van der Waals surface area contributed by atoms with Crippen LogP contribution in [0.15, 0.2) is 24.5 Å². The number of carbonyl (C=O) groups excluding carboxylic acids is 2. The van der Waals surface area contributed by atoms with E-state index in [1.807, 2.05) is 17.0 Å². The van der Waals surface area contributed by atoms with Gasteiger partial charge in [0.25, 0.3) is 0 Å². The highest BCUT2D eigenvalue weighted by molar-refractivity contribution is 5.78. The molecular weight excluding hydrogens is 304 g/mol. The Hall–Kier alpha value is -2.11. The van der Waals surface area contributed by atoms with Crippen molar-refractivity contribution in [1.29, 1.82) is 0 Å². The zero-order valence-corrected chi connectivity index (χ0v) is 14.7. The van der Waals surface area contributed by atoms with Gasteiger partial charge < -0.3 is 15.1 Å². The summed E-state index contributed by atoms with van der Waals surface area (Å²) in [5, 5.41) is 2.86. The molecule has 1 aromatic rings. The molecule has 1 aromatic heterocycles. The molecule has 1 aliphatic heterocycles. The van der Waals surface area contributed by atoms with Crippen LogP contribution in [0.3, 0.4) is 0 Å². The number of carbonyl (C=O) groups is 2. The Morgan fingerprint density at radius 2 is 1.92 bits per heavy atom. The van der Waals surface area contributed by atoms with Crippen molar-refractivity contribution in [3.63, 3.8) is 0 Å².